The Kier molecular flexibility index (Phi) is 3.20. The van der Waals surface area contributed by atoms with E-state index in [1.54, 1.807) is 18.2 Å². The fourth-order valence-corrected chi connectivity index (χ4v) is 1.16. The molecule has 0 aliphatic carbocycles. The van der Waals surface area contributed by atoms with Crippen molar-refractivity contribution in [2.75, 3.05) is 0 Å². The highest BCUT2D eigenvalue weighted by molar-refractivity contribution is 9.10. The van der Waals surface area contributed by atoms with Crippen molar-refractivity contribution in [1.82, 2.24) is 4.98 Å². The minimum Gasteiger partial charge on any atom is -0.386 e. The SMILES string of the molecule is N#CCC(O)c1cccc(Br)n1. The fourth-order valence-electron chi connectivity index (χ4n) is 0.801. The number of nitriles is 1. The number of halogens is 1. The lowest BCUT2D eigenvalue weighted by atomic mass is 10.2. The number of rotatable bonds is 2. The van der Waals surface area contributed by atoms with E-state index in [0.717, 1.165) is 0 Å². The summed E-state index contributed by atoms with van der Waals surface area (Å²) in [4.78, 5) is 4.01. The zero-order valence-electron chi connectivity index (χ0n) is 6.24. The number of hydrogen-bond donors (Lipinski definition) is 1. The van der Waals surface area contributed by atoms with Gasteiger partial charge in [-0.05, 0) is 28.1 Å². The highest BCUT2D eigenvalue weighted by atomic mass is 79.9. The van der Waals surface area contributed by atoms with Gasteiger partial charge in [0.05, 0.1) is 18.2 Å². The maximum atomic E-state index is 9.34. The molecular weight excluding hydrogens is 220 g/mol. The number of aliphatic hydroxyl groups excluding tert-OH is 1. The van der Waals surface area contributed by atoms with Gasteiger partial charge in [0, 0.05) is 0 Å². The summed E-state index contributed by atoms with van der Waals surface area (Å²) in [6.45, 7) is 0. The Bertz CT molecular complexity index is 308. The Hall–Kier alpha value is -0.920. The summed E-state index contributed by atoms with van der Waals surface area (Å²) in [5.74, 6) is 0. The molecule has 0 aliphatic heterocycles. The van der Waals surface area contributed by atoms with Crippen LogP contribution in [0.2, 0.25) is 0 Å². The van der Waals surface area contributed by atoms with Crippen molar-refractivity contribution < 1.29 is 5.11 Å². The molecule has 12 heavy (non-hydrogen) atoms. The van der Waals surface area contributed by atoms with E-state index in [4.69, 9.17) is 5.26 Å². The molecule has 0 bridgehead atoms. The molecule has 0 aliphatic rings. The summed E-state index contributed by atoms with van der Waals surface area (Å²) in [7, 11) is 0. The molecule has 3 nitrogen and oxygen atoms in total. The highest BCUT2D eigenvalue weighted by Gasteiger charge is 2.07. The number of aliphatic hydroxyl groups is 1. The average Bonchev–Trinajstić information content (AvgIpc) is 2.05. The van der Waals surface area contributed by atoms with E-state index < -0.39 is 6.10 Å². The van der Waals surface area contributed by atoms with Gasteiger partial charge in [0.25, 0.3) is 0 Å². The lowest BCUT2D eigenvalue weighted by Crippen LogP contribution is -1.98. The van der Waals surface area contributed by atoms with Gasteiger partial charge in [0.1, 0.15) is 10.7 Å². The van der Waals surface area contributed by atoms with Gasteiger partial charge in [-0.2, -0.15) is 5.26 Å². The standard InChI is InChI=1S/C8H7BrN2O/c9-8-3-1-2-6(11-8)7(12)4-5-10/h1-3,7,12H,4H2. The van der Waals surface area contributed by atoms with Crippen molar-refractivity contribution in [3.05, 3.63) is 28.5 Å². The Morgan fingerprint density at radius 1 is 1.67 bits per heavy atom. The van der Waals surface area contributed by atoms with Crippen LogP contribution in [0.3, 0.4) is 0 Å². The molecule has 1 rings (SSSR count). The predicted molar refractivity (Wildman–Crippen MR) is 47.1 cm³/mol. The fraction of sp³-hybridized carbons (Fsp3) is 0.250. The van der Waals surface area contributed by atoms with Gasteiger partial charge in [-0.1, -0.05) is 6.07 Å². The Labute approximate surface area is 78.8 Å². The maximum absolute atomic E-state index is 9.34. The molecule has 0 aromatic carbocycles. The molecule has 1 unspecified atom stereocenters. The van der Waals surface area contributed by atoms with Gasteiger partial charge in [-0.3, -0.25) is 0 Å². The smallest absolute Gasteiger partial charge is 0.109 e. The molecule has 1 heterocycles. The average molecular weight is 227 g/mol. The first kappa shape index (κ1) is 9.17. The summed E-state index contributed by atoms with van der Waals surface area (Å²) < 4.78 is 0.664. The van der Waals surface area contributed by atoms with Crippen molar-refractivity contribution in [3.63, 3.8) is 0 Å². The zero-order chi connectivity index (χ0) is 8.97. The molecule has 0 saturated heterocycles. The van der Waals surface area contributed by atoms with Gasteiger partial charge in [-0.25, -0.2) is 4.98 Å². The number of pyridine rings is 1. The van der Waals surface area contributed by atoms with E-state index in [2.05, 4.69) is 20.9 Å². The third kappa shape index (κ3) is 2.29. The van der Waals surface area contributed by atoms with E-state index in [0.29, 0.717) is 10.3 Å². The molecule has 0 radical (unpaired) electrons. The van der Waals surface area contributed by atoms with E-state index in [9.17, 15) is 5.11 Å². The van der Waals surface area contributed by atoms with E-state index in [-0.39, 0.29) is 6.42 Å². The first-order valence-electron chi connectivity index (χ1n) is 3.41. The molecule has 1 atom stereocenters. The summed E-state index contributed by atoms with van der Waals surface area (Å²) in [5, 5.41) is 17.7. The molecule has 1 aromatic rings. The molecule has 1 N–H and O–H groups in total. The van der Waals surface area contributed by atoms with Crippen LogP contribution in [0.4, 0.5) is 0 Å². The van der Waals surface area contributed by atoms with Gasteiger partial charge in [0.2, 0.25) is 0 Å². The van der Waals surface area contributed by atoms with Crippen molar-refractivity contribution in [2.24, 2.45) is 0 Å². The predicted octanol–water partition coefficient (Wildman–Crippen LogP) is 1.79. The van der Waals surface area contributed by atoms with Crippen LogP contribution in [0, 0.1) is 11.3 Å². The van der Waals surface area contributed by atoms with Gasteiger partial charge in [0.15, 0.2) is 0 Å². The van der Waals surface area contributed by atoms with Crippen LogP contribution in [0.25, 0.3) is 0 Å². The van der Waals surface area contributed by atoms with Crippen LogP contribution in [-0.2, 0) is 0 Å². The Morgan fingerprint density at radius 2 is 2.42 bits per heavy atom. The van der Waals surface area contributed by atoms with Crippen LogP contribution in [-0.4, -0.2) is 10.1 Å². The molecule has 0 spiro atoms. The van der Waals surface area contributed by atoms with Crippen molar-refractivity contribution >= 4 is 15.9 Å². The van der Waals surface area contributed by atoms with Crippen molar-refractivity contribution in [2.45, 2.75) is 12.5 Å². The zero-order valence-corrected chi connectivity index (χ0v) is 7.82. The quantitative estimate of drug-likeness (QED) is 0.783. The summed E-state index contributed by atoms with van der Waals surface area (Å²) in [6, 6.07) is 7.10. The summed E-state index contributed by atoms with van der Waals surface area (Å²) in [5.41, 5.74) is 0.519. The van der Waals surface area contributed by atoms with Gasteiger partial charge < -0.3 is 5.11 Å². The largest absolute Gasteiger partial charge is 0.386 e. The third-order valence-corrected chi connectivity index (χ3v) is 1.80. The second kappa shape index (κ2) is 4.19. The minimum absolute atomic E-state index is 0.0729. The molecular formula is C8H7BrN2O. The Morgan fingerprint density at radius 3 is 3.00 bits per heavy atom. The highest BCUT2D eigenvalue weighted by Crippen LogP contribution is 2.15. The van der Waals surface area contributed by atoms with Crippen molar-refractivity contribution in [1.29, 1.82) is 5.26 Å². The van der Waals surface area contributed by atoms with Crippen LogP contribution < -0.4 is 0 Å². The molecule has 0 saturated carbocycles. The van der Waals surface area contributed by atoms with Crippen molar-refractivity contribution in [3.8, 4) is 6.07 Å². The van der Waals surface area contributed by atoms with Crippen LogP contribution in [0.15, 0.2) is 22.8 Å². The van der Waals surface area contributed by atoms with Crippen LogP contribution in [0.5, 0.6) is 0 Å². The summed E-state index contributed by atoms with van der Waals surface area (Å²) in [6.07, 6.45) is -0.712. The molecule has 4 heteroatoms. The lowest BCUT2D eigenvalue weighted by molar-refractivity contribution is 0.178. The van der Waals surface area contributed by atoms with Gasteiger partial charge >= 0.3 is 0 Å². The monoisotopic (exact) mass is 226 g/mol. The van der Waals surface area contributed by atoms with Crippen LogP contribution >= 0.6 is 15.9 Å². The van der Waals surface area contributed by atoms with E-state index in [1.807, 2.05) is 6.07 Å². The first-order chi connectivity index (χ1) is 5.74. The first-order valence-corrected chi connectivity index (χ1v) is 4.21. The second-order valence-corrected chi connectivity index (χ2v) is 3.08. The molecule has 0 fully saturated rings. The van der Waals surface area contributed by atoms with E-state index >= 15 is 0 Å². The maximum Gasteiger partial charge on any atom is 0.109 e. The molecule has 0 amide bonds. The summed E-state index contributed by atoms with van der Waals surface area (Å²) >= 11 is 3.18. The lowest BCUT2D eigenvalue weighted by Gasteiger charge is -2.04. The van der Waals surface area contributed by atoms with E-state index in [1.165, 1.54) is 0 Å². The topological polar surface area (TPSA) is 56.9 Å². The number of hydrogen-bond acceptors (Lipinski definition) is 3. The molecule has 1 aromatic heterocycles. The second-order valence-electron chi connectivity index (χ2n) is 2.26. The van der Waals surface area contributed by atoms with Crippen LogP contribution in [0.1, 0.15) is 18.2 Å². The molecule has 62 valence electrons. The number of aromatic nitrogens is 1. The minimum atomic E-state index is -0.785. The number of nitrogens with zero attached hydrogens (tertiary/aromatic N) is 2. The Balaban J connectivity index is 2.82. The normalized spacial score (nSPS) is 12.1. The van der Waals surface area contributed by atoms with Gasteiger partial charge in [-0.15, -0.1) is 0 Å². The third-order valence-electron chi connectivity index (χ3n) is 1.36.